The van der Waals surface area contributed by atoms with Crippen molar-refractivity contribution in [2.75, 3.05) is 6.54 Å². The van der Waals surface area contributed by atoms with Crippen molar-refractivity contribution in [2.45, 2.75) is 19.4 Å². The zero-order chi connectivity index (χ0) is 13.7. The molecule has 100 valence electrons. The molecule has 1 aromatic carbocycles. The van der Waals surface area contributed by atoms with E-state index >= 15 is 0 Å². The zero-order valence-electron chi connectivity index (χ0n) is 10.7. The van der Waals surface area contributed by atoms with Crippen LogP contribution in [-0.2, 0) is 6.42 Å². The van der Waals surface area contributed by atoms with Gasteiger partial charge >= 0.3 is 0 Å². The lowest BCUT2D eigenvalue weighted by Crippen LogP contribution is -2.22. The summed E-state index contributed by atoms with van der Waals surface area (Å²) in [7, 11) is 0. The van der Waals surface area contributed by atoms with E-state index in [1.165, 1.54) is 6.07 Å². The summed E-state index contributed by atoms with van der Waals surface area (Å²) in [5.74, 6) is -0.805. The summed E-state index contributed by atoms with van der Waals surface area (Å²) in [5, 5.41) is 3.18. The van der Waals surface area contributed by atoms with Crippen LogP contribution in [0.2, 0.25) is 0 Å². The molecule has 0 aliphatic rings. The average Bonchev–Trinajstić information content (AvgIpc) is 2.42. The molecule has 2 rings (SSSR count). The molecule has 19 heavy (non-hydrogen) atoms. The van der Waals surface area contributed by atoms with E-state index in [2.05, 4.69) is 10.3 Å². The van der Waals surface area contributed by atoms with Crippen LogP contribution in [0.3, 0.4) is 0 Å². The summed E-state index contributed by atoms with van der Waals surface area (Å²) in [6.07, 6.45) is 4.33. The largest absolute Gasteiger partial charge is 0.310 e. The molecule has 1 N–H and O–H groups in total. The first-order valence-electron chi connectivity index (χ1n) is 6.24. The molecule has 0 fully saturated rings. The van der Waals surface area contributed by atoms with Crippen LogP contribution in [0.5, 0.6) is 0 Å². The molecule has 0 aliphatic carbocycles. The van der Waals surface area contributed by atoms with E-state index in [0.29, 0.717) is 12.1 Å². The number of pyridine rings is 1. The quantitative estimate of drug-likeness (QED) is 0.894. The van der Waals surface area contributed by atoms with Gasteiger partial charge in [0, 0.05) is 24.0 Å². The molecule has 2 nitrogen and oxygen atoms in total. The molecular formula is C15H16F2N2. The Morgan fingerprint density at radius 3 is 2.84 bits per heavy atom. The Labute approximate surface area is 111 Å². The Morgan fingerprint density at radius 1 is 1.26 bits per heavy atom. The lowest BCUT2D eigenvalue weighted by molar-refractivity contribution is 0.521. The van der Waals surface area contributed by atoms with Crippen LogP contribution in [0.4, 0.5) is 8.78 Å². The van der Waals surface area contributed by atoms with Gasteiger partial charge in [0.1, 0.15) is 11.6 Å². The van der Waals surface area contributed by atoms with E-state index in [0.717, 1.165) is 24.1 Å². The van der Waals surface area contributed by atoms with Crippen molar-refractivity contribution in [3.8, 4) is 0 Å². The summed E-state index contributed by atoms with van der Waals surface area (Å²) in [6.45, 7) is 2.50. The Morgan fingerprint density at radius 2 is 2.11 bits per heavy atom. The lowest BCUT2D eigenvalue weighted by atomic mass is 10.1. The van der Waals surface area contributed by atoms with Crippen molar-refractivity contribution in [1.82, 2.24) is 10.3 Å². The van der Waals surface area contributed by atoms with E-state index in [4.69, 9.17) is 0 Å². The number of hydrogen-bond donors (Lipinski definition) is 1. The SMILES string of the molecule is CC(NCCc1cccnc1)c1cc(F)ccc1F. The maximum absolute atomic E-state index is 13.6. The molecule has 1 aromatic heterocycles. The second-order valence-electron chi connectivity index (χ2n) is 4.45. The molecule has 1 atom stereocenters. The molecule has 0 spiro atoms. The Bertz CT molecular complexity index is 529. The Kier molecular flexibility index (Phi) is 4.58. The van der Waals surface area contributed by atoms with Gasteiger partial charge in [-0.3, -0.25) is 4.98 Å². The monoisotopic (exact) mass is 262 g/mol. The van der Waals surface area contributed by atoms with E-state index in [1.54, 1.807) is 12.4 Å². The molecule has 0 amide bonds. The van der Waals surface area contributed by atoms with Gasteiger partial charge in [0.05, 0.1) is 0 Å². The van der Waals surface area contributed by atoms with Crippen molar-refractivity contribution in [2.24, 2.45) is 0 Å². The Hall–Kier alpha value is -1.81. The molecule has 0 saturated carbocycles. The van der Waals surface area contributed by atoms with Crippen molar-refractivity contribution in [1.29, 1.82) is 0 Å². The molecule has 2 aromatic rings. The zero-order valence-corrected chi connectivity index (χ0v) is 10.7. The first-order valence-corrected chi connectivity index (χ1v) is 6.24. The van der Waals surface area contributed by atoms with Crippen molar-refractivity contribution >= 4 is 0 Å². The summed E-state index contributed by atoms with van der Waals surface area (Å²) >= 11 is 0. The van der Waals surface area contributed by atoms with Crippen LogP contribution in [0.1, 0.15) is 24.1 Å². The van der Waals surface area contributed by atoms with Crippen molar-refractivity contribution < 1.29 is 8.78 Å². The highest BCUT2D eigenvalue weighted by Crippen LogP contribution is 2.17. The summed E-state index contributed by atoms with van der Waals surface area (Å²) in [6, 6.07) is 7.15. The second kappa shape index (κ2) is 6.38. The number of halogens is 2. The highest BCUT2D eigenvalue weighted by atomic mass is 19.1. The van der Waals surface area contributed by atoms with E-state index < -0.39 is 5.82 Å². The topological polar surface area (TPSA) is 24.9 Å². The average molecular weight is 262 g/mol. The van der Waals surface area contributed by atoms with Gasteiger partial charge in [-0.25, -0.2) is 8.78 Å². The smallest absolute Gasteiger partial charge is 0.128 e. The van der Waals surface area contributed by atoms with Crippen LogP contribution in [0.25, 0.3) is 0 Å². The number of benzene rings is 1. The summed E-state index contributed by atoms with van der Waals surface area (Å²) < 4.78 is 26.6. The standard InChI is InChI=1S/C15H16F2N2/c1-11(14-9-13(16)4-5-15(14)17)19-8-6-12-3-2-7-18-10-12/h2-5,7,9-11,19H,6,8H2,1H3. The molecule has 4 heteroatoms. The molecule has 1 heterocycles. The minimum Gasteiger partial charge on any atom is -0.310 e. The maximum Gasteiger partial charge on any atom is 0.128 e. The van der Waals surface area contributed by atoms with E-state index in [9.17, 15) is 8.78 Å². The molecule has 1 unspecified atom stereocenters. The fraction of sp³-hybridized carbons (Fsp3) is 0.267. The molecule has 0 saturated heterocycles. The minimum atomic E-state index is -0.419. The van der Waals surface area contributed by atoms with Crippen LogP contribution < -0.4 is 5.32 Å². The predicted octanol–water partition coefficient (Wildman–Crippen LogP) is 3.25. The van der Waals surface area contributed by atoms with Gasteiger partial charge in [0.2, 0.25) is 0 Å². The van der Waals surface area contributed by atoms with Crippen molar-refractivity contribution in [3.05, 3.63) is 65.5 Å². The lowest BCUT2D eigenvalue weighted by Gasteiger charge is -2.15. The summed E-state index contributed by atoms with van der Waals surface area (Å²) in [5.41, 5.74) is 1.47. The van der Waals surface area contributed by atoms with E-state index in [-0.39, 0.29) is 11.9 Å². The molecule has 0 bridgehead atoms. The van der Waals surface area contributed by atoms with Crippen LogP contribution in [0.15, 0.2) is 42.7 Å². The maximum atomic E-state index is 13.6. The number of rotatable bonds is 5. The third kappa shape index (κ3) is 3.83. The number of hydrogen-bond acceptors (Lipinski definition) is 2. The van der Waals surface area contributed by atoms with Gasteiger partial charge in [-0.2, -0.15) is 0 Å². The molecular weight excluding hydrogens is 246 g/mol. The Balaban J connectivity index is 1.91. The van der Waals surface area contributed by atoms with Crippen LogP contribution in [0, 0.1) is 11.6 Å². The summed E-state index contributed by atoms with van der Waals surface area (Å²) in [4.78, 5) is 4.03. The first kappa shape index (κ1) is 13.6. The third-order valence-corrected chi connectivity index (χ3v) is 3.01. The first-order chi connectivity index (χ1) is 9.16. The highest BCUT2D eigenvalue weighted by Gasteiger charge is 2.11. The van der Waals surface area contributed by atoms with Gasteiger partial charge in [0.15, 0.2) is 0 Å². The van der Waals surface area contributed by atoms with Gasteiger partial charge in [0.25, 0.3) is 0 Å². The molecule has 0 aliphatic heterocycles. The van der Waals surface area contributed by atoms with Crippen LogP contribution in [-0.4, -0.2) is 11.5 Å². The van der Waals surface area contributed by atoms with Gasteiger partial charge in [-0.05, 0) is 49.7 Å². The fourth-order valence-electron chi connectivity index (χ4n) is 1.94. The fourth-order valence-corrected chi connectivity index (χ4v) is 1.94. The van der Waals surface area contributed by atoms with Gasteiger partial charge in [-0.15, -0.1) is 0 Å². The number of nitrogens with one attached hydrogen (secondary N) is 1. The third-order valence-electron chi connectivity index (χ3n) is 3.01. The van der Waals surface area contributed by atoms with E-state index in [1.807, 2.05) is 19.1 Å². The normalized spacial score (nSPS) is 12.4. The van der Waals surface area contributed by atoms with Crippen LogP contribution >= 0.6 is 0 Å². The van der Waals surface area contributed by atoms with Gasteiger partial charge < -0.3 is 5.32 Å². The van der Waals surface area contributed by atoms with Crippen molar-refractivity contribution in [3.63, 3.8) is 0 Å². The minimum absolute atomic E-state index is 0.229. The van der Waals surface area contributed by atoms with Gasteiger partial charge in [-0.1, -0.05) is 6.07 Å². The number of nitrogens with zero attached hydrogens (tertiary/aromatic N) is 1. The number of aromatic nitrogens is 1. The second-order valence-corrected chi connectivity index (χ2v) is 4.45. The predicted molar refractivity (Wildman–Crippen MR) is 70.7 cm³/mol. The highest BCUT2D eigenvalue weighted by molar-refractivity contribution is 5.21. The molecule has 0 radical (unpaired) electrons.